The molecule has 2 aromatic carbocycles. The summed E-state index contributed by atoms with van der Waals surface area (Å²) in [5.41, 5.74) is 2.26. The predicted molar refractivity (Wildman–Crippen MR) is 121 cm³/mol. The molecule has 158 valence electrons. The number of carbonyl (C=O) groups excluding carboxylic acids is 2. The van der Waals surface area contributed by atoms with Crippen LogP contribution in [0.1, 0.15) is 22.8 Å². The summed E-state index contributed by atoms with van der Waals surface area (Å²) in [5, 5.41) is 16.1. The monoisotopic (exact) mass is 456 g/mol. The number of esters is 1. The van der Waals surface area contributed by atoms with Gasteiger partial charge in [-0.25, -0.2) is 4.79 Å². The number of non-ortho nitro benzene ring substituents is 1. The lowest BCUT2D eigenvalue weighted by Gasteiger charge is -2.08. The van der Waals surface area contributed by atoms with Gasteiger partial charge < -0.3 is 10.1 Å². The topological polar surface area (TPSA) is 98.5 Å². The molecule has 31 heavy (non-hydrogen) atoms. The van der Waals surface area contributed by atoms with E-state index in [1.807, 2.05) is 0 Å². The van der Waals surface area contributed by atoms with Crippen LogP contribution in [0, 0.1) is 10.1 Å². The summed E-state index contributed by atoms with van der Waals surface area (Å²) in [6, 6.07) is 12.8. The predicted octanol–water partition coefficient (Wildman–Crippen LogP) is 5.81. The van der Waals surface area contributed by atoms with Gasteiger partial charge in [-0.3, -0.25) is 14.9 Å². The van der Waals surface area contributed by atoms with Gasteiger partial charge in [-0.15, -0.1) is 11.3 Å². The van der Waals surface area contributed by atoms with E-state index in [1.54, 1.807) is 36.6 Å². The fourth-order valence-electron chi connectivity index (χ4n) is 2.73. The first-order valence-electron chi connectivity index (χ1n) is 9.17. The van der Waals surface area contributed by atoms with Crippen molar-refractivity contribution >= 4 is 51.6 Å². The molecule has 0 saturated carbocycles. The molecule has 9 heteroatoms. The number of nitrogens with zero attached hydrogens (tertiary/aromatic N) is 1. The number of nitrogens with one attached hydrogen (secondary N) is 1. The molecule has 1 heterocycles. The number of hydrogen-bond donors (Lipinski definition) is 1. The van der Waals surface area contributed by atoms with E-state index in [4.69, 9.17) is 16.3 Å². The van der Waals surface area contributed by atoms with Crippen LogP contribution >= 0.6 is 22.9 Å². The highest BCUT2D eigenvalue weighted by Crippen LogP contribution is 2.36. The Morgan fingerprint density at radius 2 is 1.84 bits per heavy atom. The Morgan fingerprint density at radius 3 is 2.45 bits per heavy atom. The third kappa shape index (κ3) is 5.56. The van der Waals surface area contributed by atoms with Crippen molar-refractivity contribution in [1.82, 2.24) is 0 Å². The van der Waals surface area contributed by atoms with Crippen molar-refractivity contribution in [3.8, 4) is 11.1 Å². The third-order valence-electron chi connectivity index (χ3n) is 4.19. The molecule has 1 amide bonds. The largest absolute Gasteiger partial charge is 0.462 e. The van der Waals surface area contributed by atoms with Crippen LogP contribution in [0.5, 0.6) is 0 Å². The fourth-order valence-corrected chi connectivity index (χ4v) is 3.82. The molecule has 0 atom stereocenters. The SMILES string of the molecule is CCOC(=O)c1c(-c2ccc(Cl)cc2)csc1NC(=O)C=Cc1ccc([N+](=O)[O-])cc1. The lowest BCUT2D eigenvalue weighted by molar-refractivity contribution is -0.384. The Labute approximate surface area is 187 Å². The number of thiophene rings is 1. The number of anilines is 1. The molecule has 0 radical (unpaired) electrons. The van der Waals surface area contributed by atoms with Crippen LogP contribution in [0.4, 0.5) is 10.7 Å². The summed E-state index contributed by atoms with van der Waals surface area (Å²) in [5.74, 6) is -0.989. The minimum atomic E-state index is -0.539. The number of amides is 1. The van der Waals surface area contributed by atoms with Crippen LogP contribution in [-0.4, -0.2) is 23.4 Å². The lowest BCUT2D eigenvalue weighted by Crippen LogP contribution is -2.12. The number of nitro groups is 1. The Kier molecular flexibility index (Phi) is 7.17. The molecule has 7 nitrogen and oxygen atoms in total. The van der Waals surface area contributed by atoms with Gasteiger partial charge in [0.25, 0.3) is 5.69 Å². The lowest BCUT2D eigenvalue weighted by atomic mass is 10.0. The molecular formula is C22H17ClN2O5S. The number of hydrogen-bond acceptors (Lipinski definition) is 6. The van der Waals surface area contributed by atoms with Crippen molar-refractivity contribution in [2.45, 2.75) is 6.92 Å². The summed E-state index contributed by atoms with van der Waals surface area (Å²) in [6.45, 7) is 1.90. The van der Waals surface area contributed by atoms with E-state index < -0.39 is 16.8 Å². The van der Waals surface area contributed by atoms with Gasteiger partial charge in [0, 0.05) is 34.2 Å². The van der Waals surface area contributed by atoms with E-state index in [2.05, 4.69) is 5.32 Å². The first-order chi connectivity index (χ1) is 14.9. The Morgan fingerprint density at radius 1 is 1.16 bits per heavy atom. The van der Waals surface area contributed by atoms with Gasteiger partial charge in [0.2, 0.25) is 5.91 Å². The maximum atomic E-state index is 12.6. The maximum absolute atomic E-state index is 12.6. The van der Waals surface area contributed by atoms with E-state index in [0.29, 0.717) is 21.2 Å². The van der Waals surface area contributed by atoms with E-state index in [9.17, 15) is 19.7 Å². The van der Waals surface area contributed by atoms with Crippen molar-refractivity contribution in [3.05, 3.63) is 86.3 Å². The Bertz CT molecular complexity index is 1140. The molecule has 3 aromatic rings. The quantitative estimate of drug-likeness (QED) is 0.209. The summed E-state index contributed by atoms with van der Waals surface area (Å²) in [4.78, 5) is 35.2. The van der Waals surface area contributed by atoms with E-state index in [1.165, 1.54) is 47.8 Å². The zero-order valence-electron chi connectivity index (χ0n) is 16.3. The molecule has 0 spiro atoms. The minimum absolute atomic E-state index is 0.0333. The van der Waals surface area contributed by atoms with Crippen LogP contribution in [0.15, 0.2) is 60.0 Å². The number of carbonyl (C=O) groups is 2. The van der Waals surface area contributed by atoms with Crippen molar-refractivity contribution in [1.29, 1.82) is 0 Å². The number of ether oxygens (including phenoxy) is 1. The van der Waals surface area contributed by atoms with E-state index >= 15 is 0 Å². The average molecular weight is 457 g/mol. The number of benzene rings is 2. The highest BCUT2D eigenvalue weighted by Gasteiger charge is 2.22. The number of halogens is 1. The van der Waals surface area contributed by atoms with Crippen molar-refractivity contribution < 1.29 is 19.2 Å². The zero-order valence-corrected chi connectivity index (χ0v) is 17.9. The second kappa shape index (κ2) is 10.0. The van der Waals surface area contributed by atoms with Gasteiger partial charge in [0.05, 0.1) is 11.5 Å². The smallest absolute Gasteiger partial charge is 0.341 e. The van der Waals surface area contributed by atoms with E-state index in [-0.39, 0.29) is 17.9 Å². The second-order valence-electron chi connectivity index (χ2n) is 6.25. The normalized spacial score (nSPS) is 10.8. The molecule has 0 saturated heterocycles. The third-order valence-corrected chi connectivity index (χ3v) is 5.34. The van der Waals surface area contributed by atoms with Crippen LogP contribution in [0.2, 0.25) is 5.02 Å². The number of rotatable bonds is 7. The molecule has 0 fully saturated rings. The molecule has 1 N–H and O–H groups in total. The second-order valence-corrected chi connectivity index (χ2v) is 7.57. The van der Waals surface area contributed by atoms with Crippen LogP contribution in [0.25, 0.3) is 17.2 Å². The Hall–Kier alpha value is -3.49. The molecule has 0 aliphatic heterocycles. The Balaban J connectivity index is 1.82. The first-order valence-corrected chi connectivity index (χ1v) is 10.4. The van der Waals surface area contributed by atoms with Crippen molar-refractivity contribution in [2.75, 3.05) is 11.9 Å². The molecule has 0 bridgehead atoms. The molecular weight excluding hydrogens is 440 g/mol. The summed E-state index contributed by atoms with van der Waals surface area (Å²) < 4.78 is 5.17. The van der Waals surface area contributed by atoms with Gasteiger partial charge in [-0.2, -0.15) is 0 Å². The summed E-state index contributed by atoms with van der Waals surface area (Å²) >= 11 is 7.16. The van der Waals surface area contributed by atoms with Gasteiger partial charge in [0.1, 0.15) is 10.6 Å². The molecule has 0 aliphatic carbocycles. The van der Waals surface area contributed by atoms with Gasteiger partial charge >= 0.3 is 5.97 Å². The van der Waals surface area contributed by atoms with Crippen molar-refractivity contribution in [3.63, 3.8) is 0 Å². The molecule has 1 aromatic heterocycles. The van der Waals surface area contributed by atoms with Gasteiger partial charge in [-0.1, -0.05) is 23.7 Å². The highest BCUT2D eigenvalue weighted by atomic mass is 35.5. The minimum Gasteiger partial charge on any atom is -0.462 e. The van der Waals surface area contributed by atoms with Crippen LogP contribution < -0.4 is 5.32 Å². The molecule has 3 rings (SSSR count). The van der Waals surface area contributed by atoms with Gasteiger partial charge in [-0.05, 0) is 48.4 Å². The van der Waals surface area contributed by atoms with Crippen molar-refractivity contribution in [2.24, 2.45) is 0 Å². The number of nitro benzene ring substituents is 1. The maximum Gasteiger partial charge on any atom is 0.341 e. The first kappa shape index (κ1) is 22.2. The van der Waals surface area contributed by atoms with E-state index in [0.717, 1.165) is 5.56 Å². The zero-order chi connectivity index (χ0) is 22.4. The fraction of sp³-hybridized carbons (Fsp3) is 0.0909. The van der Waals surface area contributed by atoms with Gasteiger partial charge in [0.15, 0.2) is 0 Å². The molecule has 0 unspecified atom stereocenters. The average Bonchev–Trinajstić information content (AvgIpc) is 3.16. The van der Waals surface area contributed by atoms with Crippen LogP contribution in [-0.2, 0) is 9.53 Å². The molecule has 0 aliphatic rings. The van der Waals surface area contributed by atoms with Crippen LogP contribution in [0.3, 0.4) is 0 Å². The standard InChI is InChI=1S/C22H17ClN2O5S/c1-2-30-22(27)20-18(15-6-8-16(23)9-7-15)13-31-21(20)24-19(26)12-5-14-3-10-17(11-4-14)25(28)29/h3-13H,2H2,1H3,(H,24,26). The summed E-state index contributed by atoms with van der Waals surface area (Å²) in [6.07, 6.45) is 2.81. The highest BCUT2D eigenvalue weighted by molar-refractivity contribution is 7.15. The summed E-state index contributed by atoms with van der Waals surface area (Å²) in [7, 11) is 0.